The van der Waals surface area contributed by atoms with Gasteiger partial charge in [-0.2, -0.15) is 13.2 Å². The number of alkyl halides is 3. The van der Waals surface area contributed by atoms with Crippen LogP contribution in [0.25, 0.3) is 21.9 Å². The van der Waals surface area contributed by atoms with Crippen LogP contribution in [0.3, 0.4) is 0 Å². The molecule has 43 heavy (non-hydrogen) atoms. The van der Waals surface area contributed by atoms with E-state index in [2.05, 4.69) is 0 Å². The van der Waals surface area contributed by atoms with Crippen LogP contribution in [0.5, 0.6) is 0 Å². The molecule has 5 nitrogen and oxygen atoms in total. The largest absolute Gasteiger partial charge is 0.480 e. The van der Waals surface area contributed by atoms with Gasteiger partial charge in [0.15, 0.2) is 6.04 Å². The third kappa shape index (κ3) is 5.27. The minimum atomic E-state index is -4.62. The monoisotopic (exact) mass is 602 g/mol. The molecule has 218 valence electrons. The van der Waals surface area contributed by atoms with Crippen LogP contribution in [0.2, 0.25) is 5.02 Å². The number of carbonyl (C=O) groups is 1. The van der Waals surface area contributed by atoms with E-state index in [9.17, 15) is 27.9 Å². The summed E-state index contributed by atoms with van der Waals surface area (Å²) < 4.78 is 42.9. The maximum absolute atomic E-state index is 13.9. The molecule has 0 amide bonds. The second-order valence-corrected chi connectivity index (χ2v) is 11.2. The molecular formula is C34H26ClF3N2O3. The van der Waals surface area contributed by atoms with Crippen molar-refractivity contribution < 1.29 is 23.1 Å². The van der Waals surface area contributed by atoms with Gasteiger partial charge in [0.25, 0.3) is 5.56 Å². The van der Waals surface area contributed by atoms with Crippen molar-refractivity contribution in [2.24, 2.45) is 0 Å². The number of aromatic nitrogens is 1. The molecule has 6 rings (SSSR count). The fourth-order valence-electron chi connectivity index (χ4n) is 5.87. The van der Waals surface area contributed by atoms with Crippen LogP contribution in [0, 0.1) is 6.92 Å². The Balaban J connectivity index is 1.65. The standard InChI is InChI=1S/C34H26ClF3N2O3/c1-20-12-14-21(15-13-20)18-39-19-28(33(42)43)40-31(39)29(24-9-5-10-25(16-24)34(36,37)38)27(30(35)32(40)41)17-23-8-4-7-22-6-2-3-11-26(22)23/h2-16,28H,17-19H2,1H3,(H,42,43). The molecule has 0 bridgehead atoms. The Morgan fingerprint density at radius 1 is 0.977 bits per heavy atom. The van der Waals surface area contributed by atoms with Crippen LogP contribution in [0.15, 0.2) is 95.8 Å². The molecule has 0 spiro atoms. The van der Waals surface area contributed by atoms with E-state index in [4.69, 9.17) is 11.6 Å². The zero-order chi connectivity index (χ0) is 30.5. The zero-order valence-electron chi connectivity index (χ0n) is 23.0. The molecular weight excluding hydrogens is 577 g/mol. The first-order valence-corrected chi connectivity index (χ1v) is 14.0. The molecule has 1 N–H and O–H groups in total. The molecule has 1 atom stereocenters. The highest BCUT2D eigenvalue weighted by Gasteiger charge is 2.39. The number of aryl methyl sites for hydroxylation is 1. The maximum atomic E-state index is 13.9. The van der Waals surface area contributed by atoms with Crippen molar-refractivity contribution in [2.75, 3.05) is 11.4 Å². The Bertz CT molecular complexity index is 1930. The van der Waals surface area contributed by atoms with Gasteiger partial charge in [-0.25, -0.2) is 4.79 Å². The number of rotatable bonds is 6. The smallest absolute Gasteiger partial charge is 0.416 e. The minimum absolute atomic E-state index is 0.0571. The minimum Gasteiger partial charge on any atom is -0.480 e. The van der Waals surface area contributed by atoms with Gasteiger partial charge in [-0.15, -0.1) is 0 Å². The molecule has 1 aliphatic rings. The number of pyridine rings is 1. The van der Waals surface area contributed by atoms with Crippen molar-refractivity contribution in [1.29, 1.82) is 0 Å². The van der Waals surface area contributed by atoms with Gasteiger partial charge in [0.2, 0.25) is 0 Å². The summed E-state index contributed by atoms with van der Waals surface area (Å²) in [5, 5.41) is 11.8. The molecule has 0 radical (unpaired) electrons. The van der Waals surface area contributed by atoms with E-state index in [0.29, 0.717) is 11.1 Å². The lowest BCUT2D eigenvalue weighted by Crippen LogP contribution is -2.29. The topological polar surface area (TPSA) is 62.5 Å². The number of carboxylic acids is 1. The second-order valence-electron chi connectivity index (χ2n) is 10.8. The van der Waals surface area contributed by atoms with Crippen LogP contribution < -0.4 is 10.5 Å². The average molecular weight is 603 g/mol. The maximum Gasteiger partial charge on any atom is 0.416 e. The van der Waals surface area contributed by atoms with Crippen LogP contribution in [0.4, 0.5) is 19.0 Å². The van der Waals surface area contributed by atoms with Gasteiger partial charge in [0, 0.05) is 18.5 Å². The van der Waals surface area contributed by atoms with Gasteiger partial charge in [0.05, 0.1) is 12.1 Å². The summed E-state index contributed by atoms with van der Waals surface area (Å²) >= 11 is 6.79. The van der Waals surface area contributed by atoms with E-state index in [1.54, 1.807) is 4.90 Å². The van der Waals surface area contributed by atoms with Gasteiger partial charge in [-0.05, 0) is 52.1 Å². The SMILES string of the molecule is Cc1ccc(CN2CC(C(=O)O)n3c2c(-c2cccc(C(F)(F)F)c2)c(Cc2cccc4ccccc24)c(Cl)c3=O)cc1. The van der Waals surface area contributed by atoms with E-state index >= 15 is 0 Å². The van der Waals surface area contributed by atoms with Crippen molar-refractivity contribution in [1.82, 2.24) is 4.57 Å². The zero-order valence-corrected chi connectivity index (χ0v) is 23.8. The van der Waals surface area contributed by atoms with Gasteiger partial charge in [-0.1, -0.05) is 96.0 Å². The number of benzene rings is 4. The molecule has 1 unspecified atom stereocenters. The third-order valence-electron chi connectivity index (χ3n) is 7.93. The van der Waals surface area contributed by atoms with Crippen molar-refractivity contribution in [3.8, 4) is 11.1 Å². The summed E-state index contributed by atoms with van der Waals surface area (Å²) in [5.41, 5.74) is 2.01. The van der Waals surface area contributed by atoms with Crippen LogP contribution >= 0.6 is 11.6 Å². The molecule has 0 aliphatic carbocycles. The van der Waals surface area contributed by atoms with E-state index in [1.807, 2.05) is 73.7 Å². The number of nitrogens with zero attached hydrogens (tertiary/aromatic N) is 2. The summed E-state index contributed by atoms with van der Waals surface area (Å²) in [5.74, 6) is -1.00. The molecule has 4 aromatic carbocycles. The van der Waals surface area contributed by atoms with Crippen molar-refractivity contribution in [3.63, 3.8) is 0 Å². The number of fused-ring (bicyclic) bond motifs is 2. The van der Waals surface area contributed by atoms with Crippen LogP contribution in [-0.2, 0) is 23.9 Å². The van der Waals surface area contributed by atoms with E-state index in [-0.39, 0.29) is 35.9 Å². The summed E-state index contributed by atoms with van der Waals surface area (Å²) in [6.07, 6.45) is -4.47. The quantitative estimate of drug-likeness (QED) is 0.215. The number of aliphatic carboxylic acids is 1. The first-order valence-electron chi connectivity index (χ1n) is 13.7. The van der Waals surface area contributed by atoms with Gasteiger partial charge >= 0.3 is 12.1 Å². The summed E-state index contributed by atoms with van der Waals surface area (Å²) in [7, 11) is 0. The molecule has 0 saturated carbocycles. The second kappa shape index (κ2) is 10.9. The van der Waals surface area contributed by atoms with E-state index < -0.39 is 29.3 Å². The summed E-state index contributed by atoms with van der Waals surface area (Å²) in [6.45, 7) is 2.13. The van der Waals surface area contributed by atoms with Crippen molar-refractivity contribution in [2.45, 2.75) is 32.1 Å². The van der Waals surface area contributed by atoms with Crippen LogP contribution in [-0.4, -0.2) is 22.2 Å². The van der Waals surface area contributed by atoms with Crippen molar-refractivity contribution >= 4 is 34.2 Å². The number of carboxylic acid groups (broad SMARTS) is 1. The molecule has 0 saturated heterocycles. The highest BCUT2D eigenvalue weighted by atomic mass is 35.5. The van der Waals surface area contributed by atoms with E-state index in [1.165, 1.54) is 12.1 Å². The lowest BCUT2D eigenvalue weighted by Gasteiger charge is -2.25. The molecule has 9 heteroatoms. The predicted molar refractivity (Wildman–Crippen MR) is 162 cm³/mol. The van der Waals surface area contributed by atoms with Crippen LogP contribution in [0.1, 0.15) is 33.9 Å². The van der Waals surface area contributed by atoms with Gasteiger partial charge in [-0.3, -0.25) is 9.36 Å². The number of halogens is 4. The Labute approximate surface area is 250 Å². The fraction of sp³-hybridized carbons (Fsp3) is 0.176. The Hall–Kier alpha value is -4.56. The Morgan fingerprint density at radius 3 is 2.40 bits per heavy atom. The number of hydrogen-bond acceptors (Lipinski definition) is 3. The first-order chi connectivity index (χ1) is 20.5. The molecule has 1 aromatic heterocycles. The fourth-order valence-corrected chi connectivity index (χ4v) is 6.12. The third-order valence-corrected chi connectivity index (χ3v) is 8.32. The van der Waals surface area contributed by atoms with Gasteiger partial charge in [0.1, 0.15) is 10.8 Å². The van der Waals surface area contributed by atoms with Crippen molar-refractivity contribution in [3.05, 3.63) is 134 Å². The predicted octanol–water partition coefficient (Wildman–Crippen LogP) is 7.89. The Morgan fingerprint density at radius 2 is 1.67 bits per heavy atom. The molecule has 0 fully saturated rings. The molecule has 2 heterocycles. The Kier molecular flexibility index (Phi) is 7.26. The molecule has 1 aliphatic heterocycles. The van der Waals surface area contributed by atoms with Gasteiger partial charge < -0.3 is 10.0 Å². The number of anilines is 1. The highest BCUT2D eigenvalue weighted by molar-refractivity contribution is 6.32. The first kappa shape index (κ1) is 28.6. The molecule has 5 aromatic rings. The summed E-state index contributed by atoms with van der Waals surface area (Å²) in [4.78, 5) is 28.1. The van der Waals surface area contributed by atoms with E-state index in [0.717, 1.165) is 44.2 Å². The lowest BCUT2D eigenvalue weighted by atomic mass is 9.92. The highest BCUT2D eigenvalue weighted by Crippen LogP contribution is 2.44. The average Bonchev–Trinajstić information content (AvgIpc) is 3.36. The summed E-state index contributed by atoms with van der Waals surface area (Å²) in [6, 6.07) is 24.6. The normalized spacial score (nSPS) is 14.7. The number of hydrogen-bond donors (Lipinski definition) is 1. The lowest BCUT2D eigenvalue weighted by molar-refractivity contribution is -0.140.